The third-order valence-corrected chi connectivity index (χ3v) is 3.05. The molecule has 1 aliphatic rings. The first kappa shape index (κ1) is 11.7. The Kier molecular flexibility index (Phi) is 4.02. The summed E-state index contributed by atoms with van der Waals surface area (Å²) in [6.45, 7) is 6.08. The van der Waals surface area contributed by atoms with Gasteiger partial charge in [-0.25, -0.2) is 0 Å². The van der Waals surface area contributed by atoms with E-state index in [-0.39, 0.29) is 6.10 Å². The van der Waals surface area contributed by atoms with E-state index in [1.54, 1.807) is 0 Å². The fraction of sp³-hybridized carbons (Fsp3) is 0.692. The zero-order valence-electron chi connectivity index (χ0n) is 10.2. The second-order valence-corrected chi connectivity index (χ2v) is 4.48. The Bertz CT molecular complexity index is 321. The largest absolute Gasteiger partial charge is 0.464 e. The van der Waals surface area contributed by atoms with Gasteiger partial charge < -0.3 is 14.5 Å². The molecule has 0 radical (unpaired) electrons. The van der Waals surface area contributed by atoms with Crippen molar-refractivity contribution in [3.8, 4) is 0 Å². The minimum absolute atomic E-state index is 0.136. The third-order valence-electron chi connectivity index (χ3n) is 3.05. The zero-order chi connectivity index (χ0) is 11.4. The first-order chi connectivity index (χ1) is 7.79. The van der Waals surface area contributed by atoms with E-state index in [4.69, 9.17) is 9.15 Å². The highest BCUT2D eigenvalue weighted by molar-refractivity contribution is 5.09. The number of furan rings is 1. The molecule has 0 saturated carbocycles. The summed E-state index contributed by atoms with van der Waals surface area (Å²) in [6, 6.07) is 4.60. The van der Waals surface area contributed by atoms with Crippen LogP contribution in [0.4, 0.5) is 0 Å². The van der Waals surface area contributed by atoms with E-state index in [1.807, 2.05) is 19.1 Å². The second kappa shape index (κ2) is 5.51. The summed E-state index contributed by atoms with van der Waals surface area (Å²) in [7, 11) is 0. The molecule has 0 bridgehead atoms. The lowest BCUT2D eigenvalue weighted by atomic mass is 10.0. The lowest BCUT2D eigenvalue weighted by Gasteiger charge is -2.29. The van der Waals surface area contributed by atoms with Gasteiger partial charge in [-0.3, -0.25) is 0 Å². The van der Waals surface area contributed by atoms with Gasteiger partial charge in [-0.15, -0.1) is 0 Å². The normalized spacial score (nSPS) is 25.9. The van der Waals surface area contributed by atoms with E-state index in [0.29, 0.717) is 6.04 Å². The van der Waals surface area contributed by atoms with Crippen molar-refractivity contribution in [2.75, 3.05) is 13.2 Å². The van der Waals surface area contributed by atoms with Gasteiger partial charge in [0, 0.05) is 12.6 Å². The van der Waals surface area contributed by atoms with Crippen molar-refractivity contribution in [1.82, 2.24) is 5.32 Å². The molecular weight excluding hydrogens is 202 g/mol. The maximum Gasteiger partial charge on any atom is 0.132 e. The van der Waals surface area contributed by atoms with E-state index >= 15 is 0 Å². The van der Waals surface area contributed by atoms with Crippen LogP contribution < -0.4 is 5.32 Å². The summed E-state index contributed by atoms with van der Waals surface area (Å²) in [4.78, 5) is 0. The monoisotopic (exact) mass is 223 g/mol. The smallest absolute Gasteiger partial charge is 0.132 e. The van der Waals surface area contributed by atoms with Gasteiger partial charge in [0.1, 0.15) is 17.6 Å². The van der Waals surface area contributed by atoms with Crippen LogP contribution in [-0.4, -0.2) is 19.2 Å². The fourth-order valence-electron chi connectivity index (χ4n) is 2.16. The molecule has 2 atom stereocenters. The molecule has 3 heteroatoms. The topological polar surface area (TPSA) is 34.4 Å². The average Bonchev–Trinajstić information content (AvgIpc) is 2.74. The second-order valence-electron chi connectivity index (χ2n) is 4.48. The van der Waals surface area contributed by atoms with Crippen molar-refractivity contribution in [3.63, 3.8) is 0 Å². The van der Waals surface area contributed by atoms with E-state index in [1.165, 1.54) is 6.42 Å². The molecule has 1 aromatic heterocycles. The molecule has 1 N–H and O–H groups in total. The molecule has 90 valence electrons. The summed E-state index contributed by atoms with van der Waals surface area (Å²) >= 11 is 0. The Labute approximate surface area is 97.2 Å². The van der Waals surface area contributed by atoms with Gasteiger partial charge in [0.25, 0.3) is 0 Å². The molecule has 2 rings (SSSR count). The van der Waals surface area contributed by atoms with Gasteiger partial charge in [-0.2, -0.15) is 0 Å². The molecule has 0 aliphatic carbocycles. The van der Waals surface area contributed by atoms with Crippen molar-refractivity contribution < 1.29 is 9.15 Å². The summed E-state index contributed by atoms with van der Waals surface area (Å²) in [6.07, 6.45) is 3.45. The third kappa shape index (κ3) is 2.86. The molecule has 0 amide bonds. The van der Waals surface area contributed by atoms with Crippen LogP contribution in [0.15, 0.2) is 16.5 Å². The van der Waals surface area contributed by atoms with Crippen LogP contribution in [0.2, 0.25) is 0 Å². The van der Waals surface area contributed by atoms with Crippen molar-refractivity contribution in [2.24, 2.45) is 0 Å². The maximum atomic E-state index is 5.75. The fourth-order valence-corrected chi connectivity index (χ4v) is 2.16. The summed E-state index contributed by atoms with van der Waals surface area (Å²) in [5.74, 6) is 1.93. The molecular formula is C13H21NO2. The van der Waals surface area contributed by atoms with Crippen molar-refractivity contribution in [1.29, 1.82) is 0 Å². The van der Waals surface area contributed by atoms with Gasteiger partial charge in [0.2, 0.25) is 0 Å². The van der Waals surface area contributed by atoms with Crippen molar-refractivity contribution in [2.45, 2.75) is 45.3 Å². The lowest BCUT2D eigenvalue weighted by Crippen LogP contribution is -2.36. The van der Waals surface area contributed by atoms with Gasteiger partial charge in [0.05, 0.1) is 0 Å². The van der Waals surface area contributed by atoms with E-state index in [2.05, 4.69) is 12.2 Å². The number of hydrogen-bond donors (Lipinski definition) is 1. The van der Waals surface area contributed by atoms with Crippen LogP contribution >= 0.6 is 0 Å². The summed E-state index contributed by atoms with van der Waals surface area (Å²) < 4.78 is 11.4. The van der Waals surface area contributed by atoms with Gasteiger partial charge in [0.15, 0.2) is 0 Å². The molecule has 1 aromatic rings. The quantitative estimate of drug-likeness (QED) is 0.852. The Morgan fingerprint density at radius 1 is 1.44 bits per heavy atom. The van der Waals surface area contributed by atoms with Crippen LogP contribution in [0.3, 0.4) is 0 Å². The van der Waals surface area contributed by atoms with Crippen LogP contribution in [-0.2, 0) is 4.74 Å². The maximum absolute atomic E-state index is 5.75. The standard InChI is InChI=1S/C13H21NO2/c1-3-7-14-11-6-8-15-13(9-11)12-5-4-10(2)16-12/h4-5,11,13-14H,3,6-9H2,1-2H3. The van der Waals surface area contributed by atoms with Gasteiger partial charge >= 0.3 is 0 Å². The highest BCUT2D eigenvalue weighted by Gasteiger charge is 2.25. The highest BCUT2D eigenvalue weighted by atomic mass is 16.5. The summed E-state index contributed by atoms with van der Waals surface area (Å²) in [5, 5.41) is 3.56. The van der Waals surface area contributed by atoms with Crippen LogP contribution in [0.1, 0.15) is 43.8 Å². The molecule has 2 unspecified atom stereocenters. The number of aryl methyl sites for hydroxylation is 1. The van der Waals surface area contributed by atoms with Gasteiger partial charge in [-0.1, -0.05) is 6.92 Å². The predicted octanol–water partition coefficient (Wildman–Crippen LogP) is 2.81. The Hall–Kier alpha value is -0.800. The van der Waals surface area contributed by atoms with Crippen LogP contribution in [0.25, 0.3) is 0 Å². The van der Waals surface area contributed by atoms with E-state index < -0.39 is 0 Å². The lowest BCUT2D eigenvalue weighted by molar-refractivity contribution is -0.0121. The minimum atomic E-state index is 0.136. The number of ether oxygens (including phenoxy) is 1. The first-order valence-corrected chi connectivity index (χ1v) is 6.21. The number of rotatable bonds is 4. The molecule has 1 aliphatic heterocycles. The predicted molar refractivity (Wildman–Crippen MR) is 63.5 cm³/mol. The van der Waals surface area contributed by atoms with Crippen LogP contribution in [0, 0.1) is 6.92 Å². The van der Waals surface area contributed by atoms with Crippen LogP contribution in [0.5, 0.6) is 0 Å². The molecule has 16 heavy (non-hydrogen) atoms. The van der Waals surface area contributed by atoms with E-state index in [0.717, 1.165) is 37.5 Å². The molecule has 0 spiro atoms. The minimum Gasteiger partial charge on any atom is -0.464 e. The molecule has 3 nitrogen and oxygen atoms in total. The molecule has 1 fully saturated rings. The highest BCUT2D eigenvalue weighted by Crippen LogP contribution is 2.29. The Morgan fingerprint density at radius 2 is 2.31 bits per heavy atom. The number of nitrogens with one attached hydrogen (secondary N) is 1. The SMILES string of the molecule is CCCNC1CCOC(c2ccc(C)o2)C1. The Balaban J connectivity index is 1.91. The molecule has 1 saturated heterocycles. The van der Waals surface area contributed by atoms with Crippen molar-refractivity contribution >= 4 is 0 Å². The number of hydrogen-bond acceptors (Lipinski definition) is 3. The zero-order valence-corrected chi connectivity index (χ0v) is 10.2. The Morgan fingerprint density at radius 3 is 3.00 bits per heavy atom. The van der Waals surface area contributed by atoms with Gasteiger partial charge in [-0.05, 0) is 44.9 Å². The van der Waals surface area contributed by atoms with Crippen molar-refractivity contribution in [3.05, 3.63) is 23.7 Å². The summed E-state index contributed by atoms with van der Waals surface area (Å²) in [5.41, 5.74) is 0. The van der Waals surface area contributed by atoms with E-state index in [9.17, 15) is 0 Å². The molecule has 0 aromatic carbocycles. The average molecular weight is 223 g/mol. The molecule has 2 heterocycles. The first-order valence-electron chi connectivity index (χ1n) is 6.21.